The lowest BCUT2D eigenvalue weighted by atomic mass is 10.1. The highest BCUT2D eigenvalue weighted by Gasteiger charge is 2.20. The second kappa shape index (κ2) is 4.61. The zero-order valence-electron chi connectivity index (χ0n) is 9.49. The summed E-state index contributed by atoms with van der Waals surface area (Å²) in [7, 11) is 0. The molecule has 0 aliphatic heterocycles. The first kappa shape index (κ1) is 11.0. The van der Waals surface area contributed by atoms with Crippen LogP contribution in [-0.4, -0.2) is 15.2 Å². The molecule has 0 spiro atoms. The maximum Gasteiger partial charge on any atom is 0.181 e. The number of nitrogens with zero attached hydrogens (tertiary/aromatic N) is 2. The molecule has 88 valence electrons. The summed E-state index contributed by atoms with van der Waals surface area (Å²) in [6, 6.07) is 8.09. The molecular weight excluding hydrogens is 278 g/mol. The molecule has 4 heteroatoms. The van der Waals surface area contributed by atoms with Crippen molar-refractivity contribution in [3.05, 3.63) is 34.6 Å². The summed E-state index contributed by atoms with van der Waals surface area (Å²) in [5, 5.41) is 7.40. The fraction of sp³-hybridized carbons (Fsp3) is 0.385. The van der Waals surface area contributed by atoms with Crippen molar-refractivity contribution in [2.24, 2.45) is 0 Å². The number of aromatic nitrogens is 3. The SMILES string of the molecule is Brc1cccc(-c2n[nH]c(C3CCCC3)n2)c1. The number of nitrogens with one attached hydrogen (secondary N) is 1. The van der Waals surface area contributed by atoms with E-state index in [1.165, 1.54) is 25.7 Å². The molecule has 3 rings (SSSR count). The van der Waals surface area contributed by atoms with Gasteiger partial charge in [0, 0.05) is 16.0 Å². The van der Waals surface area contributed by atoms with Gasteiger partial charge < -0.3 is 0 Å². The van der Waals surface area contributed by atoms with Crippen molar-refractivity contribution in [3.8, 4) is 11.4 Å². The average Bonchev–Trinajstić information content (AvgIpc) is 3.00. The van der Waals surface area contributed by atoms with Crippen LogP contribution >= 0.6 is 15.9 Å². The predicted molar refractivity (Wildman–Crippen MR) is 70.7 cm³/mol. The van der Waals surface area contributed by atoms with Crippen LogP contribution in [0.4, 0.5) is 0 Å². The second-order valence-corrected chi connectivity index (χ2v) is 5.45. The molecule has 1 aromatic heterocycles. The highest BCUT2D eigenvalue weighted by atomic mass is 79.9. The molecule has 0 unspecified atom stereocenters. The lowest BCUT2D eigenvalue weighted by molar-refractivity contribution is 0.672. The Morgan fingerprint density at radius 2 is 2.06 bits per heavy atom. The van der Waals surface area contributed by atoms with Gasteiger partial charge in [-0.25, -0.2) is 4.98 Å². The van der Waals surface area contributed by atoms with Gasteiger partial charge in [0.05, 0.1) is 0 Å². The third-order valence-electron chi connectivity index (χ3n) is 3.33. The first-order valence-electron chi connectivity index (χ1n) is 6.01. The van der Waals surface area contributed by atoms with Crippen LogP contribution < -0.4 is 0 Å². The minimum atomic E-state index is 0.586. The molecule has 0 saturated heterocycles. The molecule has 0 atom stereocenters. The standard InChI is InChI=1S/C13H14BrN3/c14-11-7-3-6-10(8-11)13-15-12(16-17-13)9-4-1-2-5-9/h3,6-9H,1-2,4-5H2,(H,15,16,17). The van der Waals surface area contributed by atoms with E-state index in [1.807, 2.05) is 24.3 Å². The Kier molecular flexibility index (Phi) is 2.97. The van der Waals surface area contributed by atoms with Crippen LogP contribution in [0, 0.1) is 0 Å². The maximum absolute atomic E-state index is 4.62. The third kappa shape index (κ3) is 2.27. The number of benzene rings is 1. The van der Waals surface area contributed by atoms with Crippen LogP contribution in [0.15, 0.2) is 28.7 Å². The van der Waals surface area contributed by atoms with E-state index in [2.05, 4.69) is 31.1 Å². The van der Waals surface area contributed by atoms with E-state index in [1.54, 1.807) is 0 Å². The summed E-state index contributed by atoms with van der Waals surface area (Å²) in [6.07, 6.45) is 5.12. The van der Waals surface area contributed by atoms with Gasteiger partial charge in [-0.3, -0.25) is 5.10 Å². The van der Waals surface area contributed by atoms with Crippen molar-refractivity contribution in [1.29, 1.82) is 0 Å². The molecule has 1 fully saturated rings. The number of hydrogen-bond donors (Lipinski definition) is 1. The molecule has 1 aromatic carbocycles. The number of rotatable bonds is 2. The highest BCUT2D eigenvalue weighted by molar-refractivity contribution is 9.10. The van der Waals surface area contributed by atoms with Crippen LogP contribution in [0.2, 0.25) is 0 Å². The summed E-state index contributed by atoms with van der Waals surface area (Å²) in [6.45, 7) is 0. The number of halogens is 1. The second-order valence-electron chi connectivity index (χ2n) is 4.54. The molecule has 1 heterocycles. The smallest absolute Gasteiger partial charge is 0.181 e. The summed E-state index contributed by atoms with van der Waals surface area (Å²) in [4.78, 5) is 4.62. The van der Waals surface area contributed by atoms with Gasteiger partial charge in [-0.2, -0.15) is 5.10 Å². The van der Waals surface area contributed by atoms with Crippen molar-refractivity contribution in [3.63, 3.8) is 0 Å². The molecule has 0 radical (unpaired) electrons. The molecule has 2 aromatic rings. The van der Waals surface area contributed by atoms with Crippen LogP contribution in [0.5, 0.6) is 0 Å². The first-order chi connectivity index (χ1) is 8.33. The Labute approximate surface area is 109 Å². The van der Waals surface area contributed by atoms with Crippen LogP contribution in [0.25, 0.3) is 11.4 Å². The molecule has 1 saturated carbocycles. The summed E-state index contributed by atoms with van der Waals surface area (Å²) < 4.78 is 1.06. The van der Waals surface area contributed by atoms with Gasteiger partial charge >= 0.3 is 0 Å². The summed E-state index contributed by atoms with van der Waals surface area (Å²) >= 11 is 3.47. The topological polar surface area (TPSA) is 41.6 Å². The van der Waals surface area contributed by atoms with Gasteiger partial charge in [-0.1, -0.05) is 40.9 Å². The van der Waals surface area contributed by atoms with Crippen molar-refractivity contribution in [2.75, 3.05) is 0 Å². The molecule has 0 amide bonds. The van der Waals surface area contributed by atoms with E-state index in [4.69, 9.17) is 0 Å². The summed E-state index contributed by atoms with van der Waals surface area (Å²) in [5.41, 5.74) is 1.06. The lowest BCUT2D eigenvalue weighted by Gasteiger charge is -2.01. The van der Waals surface area contributed by atoms with Crippen molar-refractivity contribution < 1.29 is 0 Å². The molecule has 0 bridgehead atoms. The fourth-order valence-corrected chi connectivity index (χ4v) is 2.81. The molecule has 3 nitrogen and oxygen atoms in total. The molecular formula is C13H14BrN3. The monoisotopic (exact) mass is 291 g/mol. The fourth-order valence-electron chi connectivity index (χ4n) is 2.41. The lowest BCUT2D eigenvalue weighted by Crippen LogP contribution is -1.94. The Bertz CT molecular complexity index is 515. The first-order valence-corrected chi connectivity index (χ1v) is 6.80. The summed E-state index contributed by atoms with van der Waals surface area (Å²) in [5.74, 6) is 2.44. The largest absolute Gasteiger partial charge is 0.262 e. The normalized spacial score (nSPS) is 16.5. The maximum atomic E-state index is 4.62. The Morgan fingerprint density at radius 1 is 1.24 bits per heavy atom. The van der Waals surface area contributed by atoms with Crippen molar-refractivity contribution >= 4 is 15.9 Å². The predicted octanol–water partition coefficient (Wildman–Crippen LogP) is 3.89. The van der Waals surface area contributed by atoms with E-state index in [0.29, 0.717) is 5.92 Å². The van der Waals surface area contributed by atoms with Crippen LogP contribution in [0.1, 0.15) is 37.4 Å². The quantitative estimate of drug-likeness (QED) is 0.912. The van der Waals surface area contributed by atoms with E-state index in [0.717, 1.165) is 21.7 Å². The Hall–Kier alpha value is -1.16. The van der Waals surface area contributed by atoms with Gasteiger partial charge in [0.15, 0.2) is 5.82 Å². The molecule has 1 aliphatic rings. The molecule has 1 N–H and O–H groups in total. The minimum absolute atomic E-state index is 0.586. The third-order valence-corrected chi connectivity index (χ3v) is 3.82. The van der Waals surface area contributed by atoms with E-state index in [9.17, 15) is 0 Å². The highest BCUT2D eigenvalue weighted by Crippen LogP contribution is 2.32. The molecule has 1 aliphatic carbocycles. The van der Waals surface area contributed by atoms with Gasteiger partial charge in [0.25, 0.3) is 0 Å². The van der Waals surface area contributed by atoms with Gasteiger partial charge in [-0.15, -0.1) is 0 Å². The number of aromatic amines is 1. The van der Waals surface area contributed by atoms with E-state index in [-0.39, 0.29) is 0 Å². The van der Waals surface area contributed by atoms with Gasteiger partial charge in [0.2, 0.25) is 0 Å². The molecule has 17 heavy (non-hydrogen) atoms. The van der Waals surface area contributed by atoms with Crippen LogP contribution in [0.3, 0.4) is 0 Å². The van der Waals surface area contributed by atoms with Gasteiger partial charge in [0.1, 0.15) is 5.82 Å². The zero-order valence-corrected chi connectivity index (χ0v) is 11.1. The van der Waals surface area contributed by atoms with Crippen LogP contribution in [-0.2, 0) is 0 Å². The van der Waals surface area contributed by atoms with Crippen molar-refractivity contribution in [2.45, 2.75) is 31.6 Å². The Balaban J connectivity index is 1.89. The minimum Gasteiger partial charge on any atom is -0.262 e. The number of hydrogen-bond acceptors (Lipinski definition) is 2. The van der Waals surface area contributed by atoms with Gasteiger partial charge in [-0.05, 0) is 25.0 Å². The zero-order chi connectivity index (χ0) is 11.7. The number of H-pyrrole nitrogens is 1. The average molecular weight is 292 g/mol. The Morgan fingerprint density at radius 3 is 2.82 bits per heavy atom. The van der Waals surface area contributed by atoms with E-state index < -0.39 is 0 Å². The van der Waals surface area contributed by atoms with E-state index >= 15 is 0 Å². The van der Waals surface area contributed by atoms with Crippen molar-refractivity contribution in [1.82, 2.24) is 15.2 Å².